The summed E-state index contributed by atoms with van der Waals surface area (Å²) in [5.41, 5.74) is 0.741. The lowest BCUT2D eigenvalue weighted by Gasteiger charge is -1.95. The molecule has 0 atom stereocenters. The molecule has 8 heavy (non-hydrogen) atoms. The number of hydrogen-bond donors (Lipinski definition) is 2. The molecule has 4 N–H and O–H groups in total. The molecule has 46 valence electrons. The summed E-state index contributed by atoms with van der Waals surface area (Å²) in [5, 5.41) is 8.59. The second-order valence-corrected chi connectivity index (χ2v) is 1.88. The first-order chi connectivity index (χ1) is 3.72. The zero-order valence-electron chi connectivity index (χ0n) is 5.26. The SMILES string of the molecule is CC(C)/C(C=[NH2+])=N/N. The van der Waals surface area contributed by atoms with Crippen LogP contribution in [0.4, 0.5) is 0 Å². The topological polar surface area (TPSA) is 64.0 Å². The van der Waals surface area contributed by atoms with Gasteiger partial charge in [0, 0.05) is 5.92 Å². The number of rotatable bonds is 2. The highest BCUT2D eigenvalue weighted by molar-refractivity contribution is 6.28. The lowest BCUT2D eigenvalue weighted by molar-refractivity contribution is -0.102. The highest BCUT2D eigenvalue weighted by Gasteiger charge is 2.01. The van der Waals surface area contributed by atoms with Crippen molar-refractivity contribution in [3.8, 4) is 0 Å². The third-order valence-electron chi connectivity index (χ3n) is 0.911. The van der Waals surface area contributed by atoms with E-state index in [9.17, 15) is 0 Å². The van der Waals surface area contributed by atoms with Crippen molar-refractivity contribution >= 4 is 11.9 Å². The van der Waals surface area contributed by atoms with Gasteiger partial charge in [0.15, 0.2) is 6.21 Å². The predicted octanol–water partition coefficient (Wildman–Crippen LogP) is -1.21. The van der Waals surface area contributed by atoms with Gasteiger partial charge in [-0.25, -0.2) is 0 Å². The molecular formula is C5H12N3+. The molecule has 0 aliphatic carbocycles. The molecule has 0 radical (unpaired) electrons. The molecule has 0 saturated carbocycles. The maximum absolute atomic E-state index is 5.15. The number of nitrogens with two attached hydrogens (primary N) is 2. The van der Waals surface area contributed by atoms with Crippen LogP contribution in [0.3, 0.4) is 0 Å². The minimum atomic E-state index is 0.324. The number of hydrazone groups is 1. The van der Waals surface area contributed by atoms with Crippen LogP contribution < -0.4 is 11.3 Å². The fraction of sp³-hybridized carbons (Fsp3) is 0.600. The van der Waals surface area contributed by atoms with Gasteiger partial charge in [0.1, 0.15) is 5.71 Å². The van der Waals surface area contributed by atoms with Gasteiger partial charge in [-0.05, 0) is 0 Å². The maximum Gasteiger partial charge on any atom is 0.183 e. The van der Waals surface area contributed by atoms with Crippen molar-refractivity contribution < 1.29 is 5.41 Å². The lowest BCUT2D eigenvalue weighted by Crippen LogP contribution is -2.36. The highest BCUT2D eigenvalue weighted by Crippen LogP contribution is 1.90. The van der Waals surface area contributed by atoms with E-state index in [2.05, 4.69) is 5.10 Å². The van der Waals surface area contributed by atoms with Crippen molar-refractivity contribution in [2.75, 3.05) is 0 Å². The first-order valence-electron chi connectivity index (χ1n) is 2.55. The third-order valence-corrected chi connectivity index (χ3v) is 0.911. The minimum absolute atomic E-state index is 0.324. The average molecular weight is 114 g/mol. The van der Waals surface area contributed by atoms with Crippen molar-refractivity contribution in [2.24, 2.45) is 16.9 Å². The smallest absolute Gasteiger partial charge is 0.183 e. The van der Waals surface area contributed by atoms with Gasteiger partial charge in [-0.2, -0.15) is 5.10 Å². The van der Waals surface area contributed by atoms with Crippen molar-refractivity contribution in [3.05, 3.63) is 0 Å². The van der Waals surface area contributed by atoms with Crippen LogP contribution in [0, 0.1) is 5.92 Å². The van der Waals surface area contributed by atoms with Crippen LogP contribution in [0.5, 0.6) is 0 Å². The van der Waals surface area contributed by atoms with E-state index in [1.54, 1.807) is 0 Å². The maximum atomic E-state index is 5.15. The highest BCUT2D eigenvalue weighted by atomic mass is 15.1. The predicted molar refractivity (Wildman–Crippen MR) is 34.4 cm³/mol. The van der Waals surface area contributed by atoms with Gasteiger partial charge in [0.05, 0.1) is 0 Å². The van der Waals surface area contributed by atoms with E-state index in [0.29, 0.717) is 5.92 Å². The van der Waals surface area contributed by atoms with E-state index >= 15 is 0 Å². The molecule has 3 nitrogen and oxygen atoms in total. The molecule has 0 fully saturated rings. The molecule has 0 aromatic rings. The Bertz CT molecular complexity index is 104. The van der Waals surface area contributed by atoms with Crippen LogP contribution in [0.15, 0.2) is 5.10 Å². The second kappa shape index (κ2) is 3.18. The van der Waals surface area contributed by atoms with Crippen molar-refractivity contribution in [3.63, 3.8) is 0 Å². The van der Waals surface area contributed by atoms with Crippen LogP contribution in [-0.4, -0.2) is 11.9 Å². The standard InChI is InChI=1S/C5H11N3/c1-4(2)5(3-6)8-7/h3-4,6H,7H2,1-2H3/p+1/b6-3?,8-5+. The summed E-state index contributed by atoms with van der Waals surface area (Å²) in [6.45, 7) is 3.96. The Morgan fingerprint density at radius 1 is 1.75 bits per heavy atom. The monoisotopic (exact) mass is 114 g/mol. The van der Waals surface area contributed by atoms with Crippen molar-refractivity contribution in [1.29, 1.82) is 0 Å². The first kappa shape index (κ1) is 7.14. The summed E-state index contributed by atoms with van der Waals surface area (Å²) in [6, 6.07) is 0. The van der Waals surface area contributed by atoms with E-state index in [1.165, 1.54) is 6.21 Å². The summed E-state index contributed by atoms with van der Waals surface area (Å²) in [7, 11) is 0. The van der Waals surface area contributed by atoms with Crippen LogP contribution >= 0.6 is 0 Å². The molecule has 0 unspecified atom stereocenters. The van der Waals surface area contributed by atoms with Gasteiger partial charge in [-0.1, -0.05) is 13.8 Å². The first-order valence-corrected chi connectivity index (χ1v) is 2.55. The average Bonchev–Trinajstić information content (AvgIpc) is 1.69. The molecule has 0 amide bonds. The van der Waals surface area contributed by atoms with Crippen molar-refractivity contribution in [2.45, 2.75) is 13.8 Å². The Kier molecular flexibility index (Phi) is 2.84. The molecular weight excluding hydrogens is 102 g/mol. The quantitative estimate of drug-likeness (QED) is 0.264. The Morgan fingerprint density at radius 2 is 2.25 bits per heavy atom. The van der Waals surface area contributed by atoms with E-state index < -0.39 is 0 Å². The van der Waals surface area contributed by atoms with Gasteiger partial charge in [-0.15, -0.1) is 0 Å². The molecule has 0 saturated heterocycles. The summed E-state index contributed by atoms with van der Waals surface area (Å²) in [5.74, 6) is 5.28. The fourth-order valence-electron chi connectivity index (χ4n) is 0.385. The van der Waals surface area contributed by atoms with Gasteiger partial charge in [-0.3, -0.25) is 5.41 Å². The lowest BCUT2D eigenvalue weighted by atomic mass is 10.1. The normalized spacial score (nSPS) is 12.1. The molecule has 0 aromatic carbocycles. The van der Waals surface area contributed by atoms with Crippen molar-refractivity contribution in [1.82, 2.24) is 0 Å². The molecule has 0 spiro atoms. The molecule has 0 heterocycles. The molecule has 0 bridgehead atoms. The van der Waals surface area contributed by atoms with Gasteiger partial charge < -0.3 is 5.84 Å². The van der Waals surface area contributed by atoms with Crippen LogP contribution in [0.2, 0.25) is 0 Å². The van der Waals surface area contributed by atoms with E-state index in [1.807, 2.05) is 13.8 Å². The summed E-state index contributed by atoms with van der Waals surface area (Å²) < 4.78 is 0. The Morgan fingerprint density at radius 3 is 2.25 bits per heavy atom. The molecule has 0 rings (SSSR count). The Balaban J connectivity index is 3.91. The van der Waals surface area contributed by atoms with E-state index in [0.717, 1.165) is 5.71 Å². The summed E-state index contributed by atoms with van der Waals surface area (Å²) in [6.07, 6.45) is 1.42. The van der Waals surface area contributed by atoms with E-state index in [-0.39, 0.29) is 0 Å². The number of hydrogen-bond acceptors (Lipinski definition) is 2. The third kappa shape index (κ3) is 1.73. The molecule has 0 aromatic heterocycles. The summed E-state index contributed by atoms with van der Waals surface area (Å²) in [4.78, 5) is 0. The number of nitrogens with zero attached hydrogens (tertiary/aromatic N) is 1. The molecule has 0 aliphatic rings. The van der Waals surface area contributed by atoms with Gasteiger partial charge in [0.2, 0.25) is 0 Å². The minimum Gasteiger partial charge on any atom is -0.323 e. The van der Waals surface area contributed by atoms with Crippen LogP contribution in [0.1, 0.15) is 13.8 Å². The van der Waals surface area contributed by atoms with Crippen LogP contribution in [-0.2, 0) is 0 Å². The van der Waals surface area contributed by atoms with Crippen LogP contribution in [0.25, 0.3) is 0 Å². The second-order valence-electron chi connectivity index (χ2n) is 1.88. The molecule has 0 aliphatic heterocycles. The van der Waals surface area contributed by atoms with Gasteiger partial charge >= 0.3 is 0 Å². The Labute approximate surface area is 49.1 Å². The summed E-state index contributed by atoms with van der Waals surface area (Å²) >= 11 is 0. The van der Waals surface area contributed by atoms with Gasteiger partial charge in [0.25, 0.3) is 0 Å². The van der Waals surface area contributed by atoms with E-state index in [4.69, 9.17) is 11.3 Å². The zero-order valence-corrected chi connectivity index (χ0v) is 5.26. The Hall–Kier alpha value is -0.860. The fourth-order valence-corrected chi connectivity index (χ4v) is 0.385. The zero-order chi connectivity index (χ0) is 6.57. The molecule has 3 heteroatoms. The largest absolute Gasteiger partial charge is 0.323 e.